The maximum atomic E-state index is 7.17. The summed E-state index contributed by atoms with van der Waals surface area (Å²) in [6, 6.07) is 0. The van der Waals surface area contributed by atoms with E-state index < -0.39 is 7.32 Å². The smallest absolute Gasteiger partial charge is 0.402 e. The molecule has 3 N–H and O–H groups in total. The van der Waals surface area contributed by atoms with E-state index in [0.29, 0.717) is 0 Å². The molecule has 3 nitrogen and oxygen atoms in total. The van der Waals surface area contributed by atoms with Gasteiger partial charge >= 0.3 is 7.32 Å². The van der Waals surface area contributed by atoms with Gasteiger partial charge in [0.25, 0.3) is 0 Å². The van der Waals surface area contributed by atoms with E-state index in [4.69, 9.17) is 15.1 Å². The van der Waals surface area contributed by atoms with Gasteiger partial charge in [0, 0.05) is 0 Å². The van der Waals surface area contributed by atoms with Gasteiger partial charge in [-0.1, -0.05) is 0 Å². The lowest BCUT2D eigenvalue weighted by atomic mass is 10.3. The van der Waals surface area contributed by atoms with Gasteiger partial charge in [0.1, 0.15) is 0 Å². The fraction of sp³-hybridized carbons (Fsp3) is 0. The van der Waals surface area contributed by atoms with Crippen molar-refractivity contribution in [1.82, 2.24) is 0 Å². The molecule has 0 heterocycles. The van der Waals surface area contributed by atoms with Crippen LogP contribution in [0.25, 0.3) is 0 Å². The average molecular weight is 118 g/mol. The van der Waals surface area contributed by atoms with Crippen molar-refractivity contribution in [2.45, 2.75) is 0 Å². The maximum absolute atomic E-state index is 7.17. The third-order valence-electron chi connectivity index (χ3n) is 0. The van der Waals surface area contributed by atoms with Gasteiger partial charge in [-0.2, -0.15) is 0 Å². The Balaban J connectivity index is -0.0000000542. The Kier molecular flexibility index (Phi) is 62.9. The topological polar surface area (TPSA) is 60.7 Å². The second kappa shape index (κ2) is 32.2. The predicted octanol–water partition coefficient (Wildman–Crippen LogP) is -0.447. The lowest BCUT2D eigenvalue weighted by molar-refractivity contribution is 0.278. The molecule has 0 aliphatic heterocycles. The van der Waals surface area contributed by atoms with Crippen molar-refractivity contribution in [1.29, 1.82) is 0 Å². The lowest BCUT2D eigenvalue weighted by Crippen LogP contribution is -2.07. The molecule has 0 aliphatic carbocycles. The number of rotatable bonds is 0. The van der Waals surface area contributed by atoms with Crippen molar-refractivity contribution < 1.29 is 15.1 Å². The van der Waals surface area contributed by atoms with Crippen molar-refractivity contribution in [2.75, 3.05) is 0 Å². The monoisotopic (exact) mass is 118 g/mol. The van der Waals surface area contributed by atoms with E-state index in [2.05, 4.69) is 26.3 Å². The van der Waals surface area contributed by atoms with E-state index in [1.807, 2.05) is 0 Å². The largest absolute Gasteiger partial charge is 0.631 e. The molecule has 0 aromatic carbocycles. The molecule has 0 spiro atoms. The van der Waals surface area contributed by atoms with E-state index in [0.717, 1.165) is 0 Å². The highest BCUT2D eigenvalue weighted by Gasteiger charge is 1.92. The summed E-state index contributed by atoms with van der Waals surface area (Å²) in [6.07, 6.45) is 0. The van der Waals surface area contributed by atoms with Gasteiger partial charge < -0.3 is 15.1 Å². The molecular weight excluding hydrogens is 107 g/mol. The van der Waals surface area contributed by atoms with Crippen molar-refractivity contribution >= 4 is 7.32 Å². The zero-order valence-electron chi connectivity index (χ0n) is 4.75. The second-order valence-corrected chi connectivity index (χ2v) is 0.346. The van der Waals surface area contributed by atoms with Crippen LogP contribution in [0.2, 0.25) is 0 Å². The summed E-state index contributed by atoms with van der Waals surface area (Å²) in [6.45, 7) is 12.0. The van der Waals surface area contributed by atoms with Crippen LogP contribution < -0.4 is 0 Å². The molecule has 0 bridgehead atoms. The van der Waals surface area contributed by atoms with E-state index in [1.54, 1.807) is 0 Å². The summed E-state index contributed by atoms with van der Waals surface area (Å²) in [5.41, 5.74) is 0. The molecule has 0 fully saturated rings. The molecule has 0 aromatic heterocycles. The predicted molar refractivity (Wildman–Crippen MR) is 34.9 cm³/mol. The normalized spacial score (nSPS) is 4.38. The first-order chi connectivity index (χ1) is 3.73. The van der Waals surface area contributed by atoms with Crippen molar-refractivity contribution in [3.05, 3.63) is 26.3 Å². The Hall–Kier alpha value is -0.575. The SMILES string of the molecule is C=C.C=C.OB(O)O. The van der Waals surface area contributed by atoms with Gasteiger partial charge in [0.05, 0.1) is 0 Å². The van der Waals surface area contributed by atoms with Gasteiger partial charge in [-0.05, 0) is 0 Å². The first-order valence-electron chi connectivity index (χ1n) is 1.77. The van der Waals surface area contributed by atoms with Crippen LogP contribution in [0, 0.1) is 0 Å². The van der Waals surface area contributed by atoms with Crippen LogP contribution >= 0.6 is 0 Å². The summed E-state index contributed by atoms with van der Waals surface area (Å²) in [4.78, 5) is 0. The molecule has 0 aromatic rings. The molecule has 48 valence electrons. The Morgan fingerprint density at radius 2 is 0.750 bits per heavy atom. The zero-order chi connectivity index (χ0) is 7.58. The highest BCUT2D eigenvalue weighted by molar-refractivity contribution is 6.30. The van der Waals surface area contributed by atoms with E-state index in [9.17, 15) is 0 Å². The van der Waals surface area contributed by atoms with Gasteiger partial charge in [-0.15, -0.1) is 26.3 Å². The first-order valence-corrected chi connectivity index (χ1v) is 1.77. The molecule has 0 unspecified atom stereocenters. The Labute approximate surface area is 49.8 Å². The van der Waals surface area contributed by atoms with Crippen molar-refractivity contribution in [3.63, 3.8) is 0 Å². The molecule has 8 heavy (non-hydrogen) atoms. The first kappa shape index (κ1) is 15.7. The van der Waals surface area contributed by atoms with E-state index in [1.165, 1.54) is 0 Å². The molecule has 0 saturated heterocycles. The van der Waals surface area contributed by atoms with Crippen molar-refractivity contribution in [3.8, 4) is 0 Å². The Morgan fingerprint density at radius 1 is 0.750 bits per heavy atom. The summed E-state index contributed by atoms with van der Waals surface area (Å²) in [7, 11) is -2.17. The second-order valence-electron chi connectivity index (χ2n) is 0.346. The third kappa shape index (κ3) is 321. The third-order valence-corrected chi connectivity index (χ3v) is 0. The summed E-state index contributed by atoms with van der Waals surface area (Å²) >= 11 is 0. The van der Waals surface area contributed by atoms with Gasteiger partial charge in [0.15, 0.2) is 0 Å². The highest BCUT2D eigenvalue weighted by atomic mass is 16.5. The summed E-state index contributed by atoms with van der Waals surface area (Å²) in [5.74, 6) is 0. The molecule has 0 atom stereocenters. The fourth-order valence-electron chi connectivity index (χ4n) is 0. The molecule has 4 heteroatoms. The van der Waals surface area contributed by atoms with Crippen LogP contribution in [0.3, 0.4) is 0 Å². The standard InChI is InChI=1S/2C2H4.BH3O3/c2*1-2;2-1(3)4/h2*1-2H2;2-4H. The van der Waals surface area contributed by atoms with E-state index >= 15 is 0 Å². The van der Waals surface area contributed by atoms with Gasteiger partial charge in [-0.3, -0.25) is 0 Å². The molecule has 0 amide bonds. The van der Waals surface area contributed by atoms with Crippen LogP contribution in [0.5, 0.6) is 0 Å². The quantitative estimate of drug-likeness (QED) is 0.298. The van der Waals surface area contributed by atoms with Crippen molar-refractivity contribution in [2.24, 2.45) is 0 Å². The molecule has 0 radical (unpaired) electrons. The van der Waals surface area contributed by atoms with Crippen LogP contribution in [0.15, 0.2) is 26.3 Å². The lowest BCUT2D eigenvalue weighted by Gasteiger charge is -1.69. The zero-order valence-corrected chi connectivity index (χ0v) is 4.75. The minimum Gasteiger partial charge on any atom is -0.402 e. The van der Waals surface area contributed by atoms with E-state index in [-0.39, 0.29) is 0 Å². The minimum atomic E-state index is -2.17. The highest BCUT2D eigenvalue weighted by Crippen LogP contribution is 1.40. The fourth-order valence-corrected chi connectivity index (χ4v) is 0. The average Bonchev–Trinajstić information content (AvgIpc) is 1.75. The van der Waals surface area contributed by atoms with Gasteiger partial charge in [0.2, 0.25) is 0 Å². The van der Waals surface area contributed by atoms with Crippen LogP contribution in [-0.4, -0.2) is 22.4 Å². The van der Waals surface area contributed by atoms with Crippen LogP contribution in [0.4, 0.5) is 0 Å². The molecule has 0 saturated carbocycles. The Bertz CT molecular complexity index is 27.7. The minimum absolute atomic E-state index is 2.17. The summed E-state index contributed by atoms with van der Waals surface area (Å²) < 4.78 is 0. The number of hydrogen-bond acceptors (Lipinski definition) is 3. The van der Waals surface area contributed by atoms with Gasteiger partial charge in [-0.25, -0.2) is 0 Å². The molecular formula is C4H11BO3. The number of hydrogen-bond donors (Lipinski definition) is 3. The molecule has 0 aliphatic rings. The summed E-state index contributed by atoms with van der Waals surface area (Å²) in [5, 5.41) is 21.5. The molecule has 0 rings (SSSR count). The maximum Gasteiger partial charge on any atom is 0.631 e. The van der Waals surface area contributed by atoms with Crippen LogP contribution in [0.1, 0.15) is 0 Å². The van der Waals surface area contributed by atoms with Crippen LogP contribution in [-0.2, 0) is 0 Å². The Morgan fingerprint density at radius 3 is 0.750 bits per heavy atom.